The van der Waals surface area contributed by atoms with Crippen molar-refractivity contribution in [1.82, 2.24) is 0 Å². The molecule has 1 aromatic carbocycles. The fraction of sp³-hybridized carbons (Fsp3) is 0.500. The van der Waals surface area contributed by atoms with Gasteiger partial charge in [0.2, 0.25) is 0 Å². The molecule has 0 saturated heterocycles. The van der Waals surface area contributed by atoms with Crippen molar-refractivity contribution in [2.24, 2.45) is 0 Å². The van der Waals surface area contributed by atoms with Crippen LogP contribution in [-0.4, -0.2) is 52.6 Å². The van der Waals surface area contributed by atoms with E-state index >= 15 is 0 Å². The van der Waals surface area contributed by atoms with E-state index in [1.807, 2.05) is 0 Å². The van der Waals surface area contributed by atoms with Gasteiger partial charge < -0.3 is 23.7 Å². The number of ether oxygens (including phenoxy) is 5. The van der Waals surface area contributed by atoms with Crippen molar-refractivity contribution in [3.05, 3.63) is 34.4 Å². The number of hydrogen-bond donors (Lipinski definition) is 0. The highest BCUT2D eigenvalue weighted by molar-refractivity contribution is 6.05. The molecule has 1 aromatic rings. The summed E-state index contributed by atoms with van der Waals surface area (Å²) in [6.45, 7) is 1.93. The summed E-state index contributed by atoms with van der Waals surface area (Å²) in [5.41, 5.74) is 1.42. The molecule has 0 aliphatic carbocycles. The van der Waals surface area contributed by atoms with E-state index in [0.29, 0.717) is 37.6 Å². The normalized spacial score (nSPS) is 15.9. The minimum absolute atomic E-state index is 0.153. The van der Waals surface area contributed by atoms with E-state index < -0.39 is 11.9 Å². The second-order valence-electron chi connectivity index (χ2n) is 4.83. The molecule has 0 radical (unpaired) electrons. The van der Waals surface area contributed by atoms with Crippen LogP contribution >= 0.6 is 0 Å². The Kier molecular flexibility index (Phi) is 6.52. The first-order valence-corrected chi connectivity index (χ1v) is 7.23. The highest BCUT2D eigenvalue weighted by atomic mass is 16.5. The van der Waals surface area contributed by atoms with Crippen molar-refractivity contribution in [3.8, 4) is 0 Å². The summed E-state index contributed by atoms with van der Waals surface area (Å²) >= 11 is 0. The lowest BCUT2D eigenvalue weighted by atomic mass is 9.96. The molecule has 2 aliphatic heterocycles. The minimum atomic E-state index is -0.614. The molecule has 0 spiro atoms. The minimum Gasteiger partial charge on any atom is -0.465 e. The number of hydrogen-bond acceptors (Lipinski definition) is 7. The fourth-order valence-corrected chi connectivity index (χ4v) is 2.30. The maximum absolute atomic E-state index is 12.2. The third kappa shape index (κ3) is 4.28. The Labute approximate surface area is 134 Å². The van der Waals surface area contributed by atoms with Crippen molar-refractivity contribution in [3.63, 3.8) is 0 Å². The molecular formula is C16H20O7. The van der Waals surface area contributed by atoms with Crippen LogP contribution in [0.1, 0.15) is 31.8 Å². The van der Waals surface area contributed by atoms with Crippen LogP contribution in [0.3, 0.4) is 0 Å². The third-order valence-electron chi connectivity index (χ3n) is 3.42. The van der Waals surface area contributed by atoms with Crippen molar-refractivity contribution in [2.75, 3.05) is 40.6 Å². The molecular weight excluding hydrogens is 304 g/mol. The van der Waals surface area contributed by atoms with E-state index in [0.717, 1.165) is 0 Å². The zero-order chi connectivity index (χ0) is 16.7. The number of carbonyl (C=O) groups is 2. The lowest BCUT2D eigenvalue weighted by Gasteiger charge is -2.16. The van der Waals surface area contributed by atoms with Crippen LogP contribution in [0, 0.1) is 0 Å². The van der Waals surface area contributed by atoms with E-state index in [9.17, 15) is 9.59 Å². The summed E-state index contributed by atoms with van der Waals surface area (Å²) in [5.74, 6) is -1.23. The predicted molar refractivity (Wildman–Crippen MR) is 79.3 cm³/mol. The quantitative estimate of drug-likeness (QED) is 0.599. The molecule has 0 amide bonds. The van der Waals surface area contributed by atoms with Gasteiger partial charge in [-0.05, 0) is 11.1 Å². The Hall–Kier alpha value is -1.96. The van der Waals surface area contributed by atoms with Gasteiger partial charge in [-0.1, -0.05) is 12.1 Å². The Balaban J connectivity index is 2.51. The van der Waals surface area contributed by atoms with E-state index in [1.54, 1.807) is 12.1 Å². The van der Waals surface area contributed by atoms with Gasteiger partial charge in [0.25, 0.3) is 0 Å². The maximum Gasteiger partial charge on any atom is 0.339 e. The Morgan fingerprint density at radius 1 is 0.783 bits per heavy atom. The Bertz CT molecular complexity index is 519. The van der Waals surface area contributed by atoms with Gasteiger partial charge in [-0.25, -0.2) is 9.59 Å². The predicted octanol–water partition coefficient (Wildman–Crippen LogP) is 1.32. The first kappa shape index (κ1) is 17.4. The van der Waals surface area contributed by atoms with Crippen LogP contribution < -0.4 is 0 Å². The average molecular weight is 324 g/mol. The fourth-order valence-electron chi connectivity index (χ4n) is 2.30. The molecule has 0 saturated carbocycles. The van der Waals surface area contributed by atoms with Crippen molar-refractivity contribution in [2.45, 2.75) is 13.2 Å². The van der Waals surface area contributed by atoms with Crippen LogP contribution in [0.15, 0.2) is 12.1 Å². The highest BCUT2D eigenvalue weighted by Crippen LogP contribution is 2.23. The second kappa shape index (κ2) is 8.61. The average Bonchev–Trinajstić information content (AvgIpc) is 2.61. The van der Waals surface area contributed by atoms with Gasteiger partial charge in [-0.2, -0.15) is 0 Å². The molecule has 0 N–H and O–H groups in total. The van der Waals surface area contributed by atoms with Crippen LogP contribution in [0.5, 0.6) is 0 Å². The Morgan fingerprint density at radius 3 is 1.57 bits per heavy atom. The first-order valence-electron chi connectivity index (χ1n) is 7.23. The molecule has 3 rings (SSSR count). The summed E-state index contributed by atoms with van der Waals surface area (Å²) in [5, 5.41) is 0. The summed E-state index contributed by atoms with van der Waals surface area (Å²) in [6, 6.07) is 3.46. The molecule has 126 valence electrons. The van der Waals surface area contributed by atoms with Gasteiger partial charge in [-0.15, -0.1) is 0 Å². The van der Waals surface area contributed by atoms with Crippen molar-refractivity contribution < 1.29 is 33.3 Å². The lowest BCUT2D eigenvalue weighted by Crippen LogP contribution is -2.18. The van der Waals surface area contributed by atoms with Gasteiger partial charge >= 0.3 is 11.9 Å². The Morgan fingerprint density at radius 2 is 1.17 bits per heavy atom. The topological polar surface area (TPSA) is 80.3 Å². The second-order valence-corrected chi connectivity index (χ2v) is 4.83. The summed E-state index contributed by atoms with van der Waals surface area (Å²) in [7, 11) is 2.53. The maximum atomic E-state index is 12.2. The van der Waals surface area contributed by atoms with Crippen molar-refractivity contribution >= 4 is 11.9 Å². The van der Waals surface area contributed by atoms with E-state index in [1.165, 1.54) is 14.2 Å². The number of benzene rings is 1. The molecule has 0 unspecified atom stereocenters. The lowest BCUT2D eigenvalue weighted by molar-refractivity contribution is 0.00763. The molecule has 7 heteroatoms. The van der Waals surface area contributed by atoms with Gasteiger partial charge in [0.1, 0.15) is 0 Å². The van der Waals surface area contributed by atoms with E-state index in [2.05, 4.69) is 0 Å². The number of fused-ring (bicyclic) bond motifs is 10. The molecule has 2 aliphatic rings. The molecule has 0 aromatic heterocycles. The SMILES string of the molecule is COC(=O)c1c2ccc(c1C(=O)OC)COCCOCCOC2. The molecule has 7 nitrogen and oxygen atoms in total. The summed E-state index contributed by atoms with van der Waals surface area (Å²) in [6.07, 6.45) is 0. The van der Waals surface area contributed by atoms with Gasteiger partial charge in [0.15, 0.2) is 0 Å². The van der Waals surface area contributed by atoms with Crippen molar-refractivity contribution in [1.29, 1.82) is 0 Å². The molecule has 23 heavy (non-hydrogen) atoms. The van der Waals surface area contributed by atoms with Gasteiger partial charge in [0.05, 0.1) is 65.0 Å². The number of carbonyl (C=O) groups excluding carboxylic acids is 2. The van der Waals surface area contributed by atoms with Crippen LogP contribution in [-0.2, 0) is 36.9 Å². The van der Waals surface area contributed by atoms with E-state index in [-0.39, 0.29) is 24.3 Å². The number of esters is 2. The molecule has 2 heterocycles. The van der Waals surface area contributed by atoms with Crippen LogP contribution in [0.2, 0.25) is 0 Å². The zero-order valence-corrected chi connectivity index (χ0v) is 13.3. The van der Waals surface area contributed by atoms with Crippen LogP contribution in [0.4, 0.5) is 0 Å². The molecule has 2 bridgehead atoms. The smallest absolute Gasteiger partial charge is 0.339 e. The molecule has 0 atom stereocenters. The van der Waals surface area contributed by atoms with Crippen LogP contribution in [0.25, 0.3) is 0 Å². The summed E-state index contributed by atoms with van der Waals surface area (Å²) in [4.78, 5) is 24.4. The number of rotatable bonds is 2. The van der Waals surface area contributed by atoms with E-state index in [4.69, 9.17) is 23.7 Å². The molecule has 0 fully saturated rings. The monoisotopic (exact) mass is 324 g/mol. The third-order valence-corrected chi connectivity index (χ3v) is 3.42. The summed E-state index contributed by atoms with van der Waals surface area (Å²) < 4.78 is 26.0. The largest absolute Gasteiger partial charge is 0.465 e. The first-order chi connectivity index (χ1) is 11.2. The van der Waals surface area contributed by atoms with Gasteiger partial charge in [-0.3, -0.25) is 0 Å². The number of methoxy groups -OCH3 is 2. The highest BCUT2D eigenvalue weighted by Gasteiger charge is 2.26. The zero-order valence-electron chi connectivity index (χ0n) is 13.3. The van der Waals surface area contributed by atoms with Gasteiger partial charge in [0, 0.05) is 0 Å². The standard InChI is InChI=1S/C16H20O7/c1-19-15(17)13-11-3-4-12(14(13)16(18)20-2)10-23-8-6-21-5-7-22-9-11/h3-4H,5-10H2,1-2H3.